The Morgan fingerprint density at radius 3 is 2.81 bits per heavy atom. The van der Waals surface area contributed by atoms with Gasteiger partial charge in [0, 0.05) is 38.9 Å². The summed E-state index contributed by atoms with van der Waals surface area (Å²) < 4.78 is 1.69. The van der Waals surface area contributed by atoms with Crippen LogP contribution in [0.2, 0.25) is 0 Å². The number of nitrogens with zero attached hydrogens (tertiary/aromatic N) is 7. The summed E-state index contributed by atoms with van der Waals surface area (Å²) in [6.07, 6.45) is 7.11. The topological polar surface area (TPSA) is 90.6 Å². The van der Waals surface area contributed by atoms with Crippen molar-refractivity contribution in [3.05, 3.63) is 24.8 Å². The Morgan fingerprint density at radius 1 is 1.23 bits per heavy atom. The van der Waals surface area contributed by atoms with Crippen molar-refractivity contribution in [3.8, 4) is 0 Å². The van der Waals surface area contributed by atoms with Crippen LogP contribution in [0.3, 0.4) is 0 Å². The van der Waals surface area contributed by atoms with Crippen molar-refractivity contribution in [1.29, 1.82) is 0 Å². The minimum absolute atomic E-state index is 0.0267. The number of carbonyl (C=O) groups excluding carboxylic acids is 1. The van der Waals surface area contributed by atoms with Crippen LogP contribution in [0, 0.1) is 0 Å². The maximum Gasteiger partial charge on any atom is 0.246 e. The number of amides is 1. The van der Waals surface area contributed by atoms with Crippen molar-refractivity contribution < 1.29 is 9.90 Å². The Balaban J connectivity index is 1.49. The highest BCUT2D eigenvalue weighted by molar-refractivity contribution is 5.97. The smallest absolute Gasteiger partial charge is 0.246 e. The van der Waals surface area contributed by atoms with Gasteiger partial charge >= 0.3 is 0 Å². The van der Waals surface area contributed by atoms with Crippen LogP contribution in [0.5, 0.6) is 0 Å². The number of hydrogen-bond donors (Lipinski definition) is 1. The van der Waals surface area contributed by atoms with Gasteiger partial charge in [-0.05, 0) is 12.8 Å². The van der Waals surface area contributed by atoms with Gasteiger partial charge in [-0.25, -0.2) is 9.97 Å². The quantitative estimate of drug-likeness (QED) is 0.825. The molecule has 1 atom stereocenters. The van der Waals surface area contributed by atoms with Gasteiger partial charge in [0.2, 0.25) is 5.91 Å². The zero-order valence-corrected chi connectivity index (χ0v) is 14.8. The number of aromatic nitrogens is 4. The van der Waals surface area contributed by atoms with Crippen LogP contribution in [0.4, 0.5) is 17.3 Å². The Kier molecular flexibility index (Phi) is 4.46. The standard InChI is InChI=1S/C17H23N7O2/c1-21-9-14(8-20-21)24-6-5-22(10-17(24)26)15-7-16(19-12-18-15)23-4-2-3-13(23)11-25/h7-9,12-13,25H,2-6,10-11H2,1H3. The van der Waals surface area contributed by atoms with E-state index in [2.05, 4.69) is 20.0 Å². The molecule has 2 aliphatic heterocycles. The van der Waals surface area contributed by atoms with Crippen LogP contribution in [0.1, 0.15) is 12.8 Å². The lowest BCUT2D eigenvalue weighted by Crippen LogP contribution is -2.50. The van der Waals surface area contributed by atoms with Gasteiger partial charge in [0.05, 0.1) is 31.1 Å². The van der Waals surface area contributed by atoms with Crippen molar-refractivity contribution in [2.24, 2.45) is 7.05 Å². The van der Waals surface area contributed by atoms with Crippen LogP contribution in [-0.4, -0.2) is 69.6 Å². The monoisotopic (exact) mass is 357 g/mol. The van der Waals surface area contributed by atoms with Crippen molar-refractivity contribution >= 4 is 23.2 Å². The highest BCUT2D eigenvalue weighted by Gasteiger charge is 2.29. The first-order chi connectivity index (χ1) is 12.7. The van der Waals surface area contributed by atoms with Crippen LogP contribution >= 0.6 is 0 Å². The highest BCUT2D eigenvalue weighted by atomic mass is 16.3. The first kappa shape index (κ1) is 16.8. The first-order valence-corrected chi connectivity index (χ1v) is 8.89. The molecule has 0 spiro atoms. The Hall–Kier alpha value is -2.68. The molecule has 2 fully saturated rings. The molecule has 4 heterocycles. The fourth-order valence-corrected chi connectivity index (χ4v) is 3.68. The van der Waals surface area contributed by atoms with Crippen molar-refractivity contribution in [2.75, 3.05) is 47.5 Å². The Morgan fingerprint density at radius 2 is 2.08 bits per heavy atom. The van der Waals surface area contributed by atoms with E-state index in [1.54, 1.807) is 15.8 Å². The summed E-state index contributed by atoms with van der Waals surface area (Å²) in [4.78, 5) is 27.2. The zero-order chi connectivity index (χ0) is 18.1. The molecule has 1 amide bonds. The number of aryl methyl sites for hydroxylation is 1. The number of hydrogen-bond acceptors (Lipinski definition) is 7. The second kappa shape index (κ2) is 6.91. The average Bonchev–Trinajstić information content (AvgIpc) is 3.30. The molecular formula is C17H23N7O2. The normalized spacial score (nSPS) is 20.9. The van der Waals surface area contributed by atoms with Crippen LogP contribution in [0.25, 0.3) is 0 Å². The molecule has 0 bridgehead atoms. The SMILES string of the molecule is Cn1cc(N2CCN(c3cc(N4CCCC4CO)ncn3)CC2=O)cn1. The second-order valence-corrected chi connectivity index (χ2v) is 6.75. The molecule has 0 aromatic carbocycles. The van der Waals surface area contributed by atoms with Gasteiger partial charge in [-0.3, -0.25) is 9.48 Å². The van der Waals surface area contributed by atoms with E-state index in [0.29, 0.717) is 13.1 Å². The minimum Gasteiger partial charge on any atom is -0.394 e. The number of piperazine rings is 1. The number of aliphatic hydroxyl groups is 1. The van der Waals surface area contributed by atoms with Crippen molar-refractivity contribution in [2.45, 2.75) is 18.9 Å². The molecular weight excluding hydrogens is 334 g/mol. The Labute approximate surface area is 151 Å². The molecule has 0 saturated carbocycles. The molecule has 2 aromatic heterocycles. The third kappa shape index (κ3) is 3.10. The van der Waals surface area contributed by atoms with Crippen LogP contribution in [-0.2, 0) is 11.8 Å². The zero-order valence-electron chi connectivity index (χ0n) is 14.8. The summed E-state index contributed by atoms with van der Waals surface area (Å²) in [5.41, 5.74) is 0.823. The molecule has 26 heavy (non-hydrogen) atoms. The van der Waals surface area contributed by atoms with Gasteiger partial charge in [0.25, 0.3) is 0 Å². The highest BCUT2D eigenvalue weighted by Crippen LogP contribution is 2.26. The molecule has 138 valence electrons. The molecule has 1 unspecified atom stereocenters. The Bertz CT molecular complexity index is 793. The first-order valence-electron chi connectivity index (χ1n) is 8.89. The summed E-state index contributed by atoms with van der Waals surface area (Å²) in [7, 11) is 1.84. The molecule has 2 saturated heterocycles. The van der Waals surface area contributed by atoms with Crippen molar-refractivity contribution in [3.63, 3.8) is 0 Å². The molecule has 1 N–H and O–H groups in total. The van der Waals surface area contributed by atoms with Gasteiger partial charge in [0.15, 0.2) is 0 Å². The van der Waals surface area contributed by atoms with E-state index in [0.717, 1.165) is 36.7 Å². The van der Waals surface area contributed by atoms with E-state index in [-0.39, 0.29) is 25.1 Å². The largest absolute Gasteiger partial charge is 0.394 e. The number of carbonyl (C=O) groups is 1. The number of rotatable bonds is 4. The van der Waals surface area contributed by atoms with E-state index >= 15 is 0 Å². The number of aliphatic hydroxyl groups excluding tert-OH is 1. The maximum atomic E-state index is 12.6. The molecule has 0 aliphatic carbocycles. The lowest BCUT2D eigenvalue weighted by atomic mass is 10.2. The molecule has 0 radical (unpaired) electrons. The van der Waals surface area contributed by atoms with Gasteiger partial charge in [-0.1, -0.05) is 0 Å². The van der Waals surface area contributed by atoms with Gasteiger partial charge in [0.1, 0.15) is 18.0 Å². The fourth-order valence-electron chi connectivity index (χ4n) is 3.68. The van der Waals surface area contributed by atoms with Gasteiger partial charge in [-0.15, -0.1) is 0 Å². The lowest BCUT2D eigenvalue weighted by molar-refractivity contribution is -0.117. The van der Waals surface area contributed by atoms with E-state index in [4.69, 9.17) is 0 Å². The predicted molar refractivity (Wildman–Crippen MR) is 97.3 cm³/mol. The van der Waals surface area contributed by atoms with E-state index in [1.807, 2.05) is 24.2 Å². The summed E-state index contributed by atoms with van der Waals surface area (Å²) in [6.45, 7) is 2.57. The van der Waals surface area contributed by atoms with Gasteiger partial charge < -0.3 is 19.8 Å². The van der Waals surface area contributed by atoms with E-state index < -0.39 is 0 Å². The van der Waals surface area contributed by atoms with Crippen LogP contribution in [0.15, 0.2) is 24.8 Å². The van der Waals surface area contributed by atoms with E-state index in [9.17, 15) is 9.90 Å². The summed E-state index contributed by atoms with van der Waals surface area (Å²) in [5.74, 6) is 1.59. The molecule has 2 aliphatic rings. The number of anilines is 3. The molecule has 9 nitrogen and oxygen atoms in total. The predicted octanol–water partition coefficient (Wildman–Crippen LogP) is 0.0244. The minimum atomic E-state index is 0.0267. The third-order valence-corrected chi connectivity index (χ3v) is 5.07. The average molecular weight is 357 g/mol. The molecule has 4 rings (SSSR count). The molecule has 9 heteroatoms. The van der Waals surface area contributed by atoms with Crippen molar-refractivity contribution in [1.82, 2.24) is 19.7 Å². The van der Waals surface area contributed by atoms with Crippen LogP contribution < -0.4 is 14.7 Å². The fraction of sp³-hybridized carbons (Fsp3) is 0.529. The summed E-state index contributed by atoms with van der Waals surface area (Å²) in [5, 5.41) is 13.7. The summed E-state index contributed by atoms with van der Waals surface area (Å²) >= 11 is 0. The maximum absolute atomic E-state index is 12.6. The summed E-state index contributed by atoms with van der Waals surface area (Å²) in [6, 6.07) is 2.03. The van der Waals surface area contributed by atoms with Gasteiger partial charge in [-0.2, -0.15) is 5.10 Å². The second-order valence-electron chi connectivity index (χ2n) is 6.75. The molecule has 2 aromatic rings. The van der Waals surface area contributed by atoms with E-state index in [1.165, 1.54) is 6.33 Å². The lowest BCUT2D eigenvalue weighted by Gasteiger charge is -2.34. The third-order valence-electron chi connectivity index (χ3n) is 5.07.